The number of piperidine rings is 1. The molecule has 2 aliphatic heterocycles. The van der Waals surface area contributed by atoms with Crippen LogP contribution in [0.3, 0.4) is 0 Å². The smallest absolute Gasteiger partial charge is 0.309 e. The molecule has 2 aliphatic rings. The summed E-state index contributed by atoms with van der Waals surface area (Å²) >= 11 is 0. The normalized spacial score (nSPS) is 21.0. The first-order valence-corrected chi connectivity index (χ1v) is 10.9. The number of aliphatic carboxylic acids is 1. The molecule has 0 saturated carbocycles. The molecule has 1 N–H and O–H groups in total. The largest absolute Gasteiger partial charge is 0.481 e. The number of carboxylic acids is 1. The standard InChI is InChI=1S/C23H29FN4O3/c1-3-28-15-17(16(2)25-28)14-27-10-8-23(9-11-27,22(29)30)13-18-12-21(26-31-18)19-6-4-5-7-20(19)24/h4-7,15,18H,3,8-14H2,1-2H3,(H,29,30). The minimum atomic E-state index is -0.843. The molecule has 0 aliphatic carbocycles. The van der Waals surface area contributed by atoms with Crippen molar-refractivity contribution < 1.29 is 19.1 Å². The zero-order valence-electron chi connectivity index (χ0n) is 18.1. The number of halogens is 1. The van der Waals surface area contributed by atoms with Crippen molar-refractivity contribution in [2.45, 2.75) is 58.7 Å². The molecule has 31 heavy (non-hydrogen) atoms. The van der Waals surface area contributed by atoms with E-state index in [1.54, 1.807) is 18.2 Å². The predicted molar refractivity (Wildman–Crippen MR) is 114 cm³/mol. The first-order chi connectivity index (χ1) is 14.9. The van der Waals surface area contributed by atoms with Gasteiger partial charge in [0.25, 0.3) is 0 Å². The van der Waals surface area contributed by atoms with Crippen molar-refractivity contribution in [2.75, 3.05) is 13.1 Å². The van der Waals surface area contributed by atoms with E-state index in [4.69, 9.17) is 4.84 Å². The van der Waals surface area contributed by atoms with Crippen LogP contribution in [0.4, 0.5) is 4.39 Å². The Bertz CT molecular complexity index is 979. The number of likely N-dealkylation sites (tertiary alicyclic amines) is 1. The van der Waals surface area contributed by atoms with Gasteiger partial charge in [-0.3, -0.25) is 14.4 Å². The fourth-order valence-corrected chi connectivity index (χ4v) is 4.59. The molecule has 1 unspecified atom stereocenters. The van der Waals surface area contributed by atoms with E-state index in [9.17, 15) is 14.3 Å². The molecule has 1 atom stereocenters. The number of carboxylic acid groups (broad SMARTS) is 1. The fourth-order valence-electron chi connectivity index (χ4n) is 4.59. The van der Waals surface area contributed by atoms with E-state index in [0.29, 0.717) is 50.0 Å². The Balaban J connectivity index is 1.37. The van der Waals surface area contributed by atoms with Crippen LogP contribution in [0.1, 0.15) is 49.4 Å². The minimum absolute atomic E-state index is 0.339. The van der Waals surface area contributed by atoms with Crippen molar-refractivity contribution in [1.29, 1.82) is 0 Å². The van der Waals surface area contributed by atoms with Gasteiger partial charge >= 0.3 is 5.97 Å². The van der Waals surface area contributed by atoms with Crippen molar-refractivity contribution in [3.63, 3.8) is 0 Å². The molecule has 1 aromatic carbocycles. The maximum atomic E-state index is 14.1. The Morgan fingerprint density at radius 2 is 2.06 bits per heavy atom. The summed E-state index contributed by atoms with van der Waals surface area (Å²) in [7, 11) is 0. The Hall–Kier alpha value is -2.74. The number of benzene rings is 1. The van der Waals surface area contributed by atoms with E-state index in [1.165, 1.54) is 11.6 Å². The number of nitrogens with zero attached hydrogens (tertiary/aromatic N) is 4. The molecule has 1 saturated heterocycles. The summed E-state index contributed by atoms with van der Waals surface area (Å²) in [6, 6.07) is 6.46. The first kappa shape index (κ1) is 21.5. The van der Waals surface area contributed by atoms with Gasteiger partial charge in [0, 0.05) is 43.3 Å². The van der Waals surface area contributed by atoms with Gasteiger partial charge in [-0.1, -0.05) is 23.4 Å². The third-order valence-electron chi connectivity index (χ3n) is 6.57. The molecule has 166 valence electrons. The Morgan fingerprint density at radius 1 is 1.32 bits per heavy atom. The van der Waals surface area contributed by atoms with Crippen LogP contribution in [0, 0.1) is 18.2 Å². The van der Waals surface area contributed by atoms with Crippen molar-refractivity contribution in [3.8, 4) is 0 Å². The highest BCUT2D eigenvalue weighted by Crippen LogP contribution is 2.39. The van der Waals surface area contributed by atoms with Gasteiger partial charge in [0.05, 0.1) is 16.8 Å². The Kier molecular flexibility index (Phi) is 6.09. The van der Waals surface area contributed by atoms with Crippen LogP contribution in [0.15, 0.2) is 35.6 Å². The number of rotatable bonds is 7. The summed E-state index contributed by atoms with van der Waals surface area (Å²) in [5.41, 5.74) is 2.34. The second kappa shape index (κ2) is 8.78. The second-order valence-electron chi connectivity index (χ2n) is 8.61. The zero-order chi connectivity index (χ0) is 22.0. The summed E-state index contributed by atoms with van der Waals surface area (Å²) in [5.74, 6) is -1.13. The van der Waals surface area contributed by atoms with E-state index in [0.717, 1.165) is 18.8 Å². The van der Waals surface area contributed by atoms with Crippen LogP contribution >= 0.6 is 0 Å². The molecule has 8 heteroatoms. The third-order valence-corrected chi connectivity index (χ3v) is 6.57. The van der Waals surface area contributed by atoms with Gasteiger partial charge in [-0.15, -0.1) is 0 Å². The quantitative estimate of drug-likeness (QED) is 0.729. The van der Waals surface area contributed by atoms with Crippen molar-refractivity contribution in [1.82, 2.24) is 14.7 Å². The molecular formula is C23H29FN4O3. The van der Waals surface area contributed by atoms with Gasteiger partial charge < -0.3 is 9.94 Å². The Morgan fingerprint density at radius 3 is 2.71 bits per heavy atom. The number of hydrogen-bond donors (Lipinski definition) is 1. The van der Waals surface area contributed by atoms with Crippen molar-refractivity contribution in [3.05, 3.63) is 53.1 Å². The van der Waals surface area contributed by atoms with E-state index >= 15 is 0 Å². The van der Waals surface area contributed by atoms with Crippen molar-refractivity contribution >= 4 is 11.7 Å². The number of carbonyl (C=O) groups is 1. The average molecular weight is 429 g/mol. The molecular weight excluding hydrogens is 399 g/mol. The highest BCUT2D eigenvalue weighted by Gasteiger charge is 2.45. The lowest BCUT2D eigenvalue weighted by Gasteiger charge is -2.39. The lowest BCUT2D eigenvalue weighted by atomic mass is 9.73. The van der Waals surface area contributed by atoms with Gasteiger partial charge in [0.1, 0.15) is 11.9 Å². The summed E-state index contributed by atoms with van der Waals surface area (Å²) in [4.78, 5) is 20.1. The lowest BCUT2D eigenvalue weighted by molar-refractivity contribution is -0.155. The number of aromatic nitrogens is 2. The molecule has 0 bridgehead atoms. The highest BCUT2D eigenvalue weighted by molar-refractivity contribution is 6.01. The van der Waals surface area contributed by atoms with Gasteiger partial charge in [-0.25, -0.2) is 4.39 Å². The zero-order valence-corrected chi connectivity index (χ0v) is 18.1. The molecule has 0 amide bonds. The highest BCUT2D eigenvalue weighted by atomic mass is 19.1. The van der Waals surface area contributed by atoms with E-state index < -0.39 is 11.4 Å². The van der Waals surface area contributed by atoms with E-state index in [-0.39, 0.29) is 11.9 Å². The molecule has 3 heterocycles. The molecule has 0 radical (unpaired) electrons. The van der Waals surface area contributed by atoms with Gasteiger partial charge in [0.2, 0.25) is 0 Å². The maximum absolute atomic E-state index is 14.1. The summed E-state index contributed by atoms with van der Waals surface area (Å²) in [5, 5.41) is 18.6. The number of hydrogen-bond acceptors (Lipinski definition) is 5. The fraction of sp³-hybridized carbons (Fsp3) is 0.522. The lowest BCUT2D eigenvalue weighted by Crippen LogP contribution is -2.45. The maximum Gasteiger partial charge on any atom is 0.309 e. The van der Waals surface area contributed by atoms with Crippen LogP contribution in [0.5, 0.6) is 0 Å². The molecule has 7 nitrogen and oxygen atoms in total. The van der Waals surface area contributed by atoms with Crippen LogP contribution in [0.25, 0.3) is 0 Å². The molecule has 0 spiro atoms. The Labute approximate surface area is 181 Å². The van der Waals surface area contributed by atoms with Crippen LogP contribution in [0.2, 0.25) is 0 Å². The third kappa shape index (κ3) is 4.49. The van der Waals surface area contributed by atoms with E-state index in [1.807, 2.05) is 11.6 Å². The molecule has 2 aromatic rings. The van der Waals surface area contributed by atoms with Crippen LogP contribution in [-0.2, 0) is 22.7 Å². The number of aryl methyl sites for hydroxylation is 2. The summed E-state index contributed by atoms with van der Waals surface area (Å²) in [6.45, 7) is 7.10. The van der Waals surface area contributed by atoms with Gasteiger partial charge in [-0.05, 0) is 45.8 Å². The van der Waals surface area contributed by atoms with E-state index in [2.05, 4.69) is 28.3 Å². The molecule has 4 rings (SSSR count). The predicted octanol–water partition coefficient (Wildman–Crippen LogP) is 3.60. The van der Waals surface area contributed by atoms with Crippen LogP contribution in [-0.4, -0.2) is 50.7 Å². The topological polar surface area (TPSA) is 80.0 Å². The summed E-state index contributed by atoms with van der Waals surface area (Å²) < 4.78 is 16.0. The SMILES string of the molecule is CCn1cc(CN2CCC(CC3CC(c4ccccc4F)=NO3)(C(=O)O)CC2)c(C)n1. The second-order valence-corrected chi connectivity index (χ2v) is 8.61. The van der Waals surface area contributed by atoms with Gasteiger partial charge in [0.15, 0.2) is 0 Å². The van der Waals surface area contributed by atoms with Gasteiger partial charge in [-0.2, -0.15) is 5.10 Å². The monoisotopic (exact) mass is 428 g/mol. The van der Waals surface area contributed by atoms with Crippen molar-refractivity contribution in [2.24, 2.45) is 10.6 Å². The summed E-state index contributed by atoms with van der Waals surface area (Å²) in [6.07, 6.45) is 3.64. The molecule has 1 aromatic heterocycles. The molecule has 1 fully saturated rings. The first-order valence-electron chi connectivity index (χ1n) is 10.9. The average Bonchev–Trinajstić information content (AvgIpc) is 3.36. The number of oxime groups is 1. The minimum Gasteiger partial charge on any atom is -0.481 e. The van der Waals surface area contributed by atoms with Crippen LogP contribution < -0.4 is 0 Å².